The lowest BCUT2D eigenvalue weighted by Crippen LogP contribution is -2.50. The van der Waals surface area contributed by atoms with E-state index in [2.05, 4.69) is 52.4 Å². The second kappa shape index (κ2) is 13.9. The molecule has 0 fully saturated rings. The van der Waals surface area contributed by atoms with Gasteiger partial charge in [-0.3, -0.25) is 9.59 Å². The molecule has 1 atom stereocenters. The topological polar surface area (TPSA) is 49.4 Å². The van der Waals surface area contributed by atoms with Crippen LogP contribution >= 0.6 is 15.9 Å². The maximum Gasteiger partial charge on any atom is 0.243 e. The van der Waals surface area contributed by atoms with Gasteiger partial charge < -0.3 is 10.2 Å². The Morgan fingerprint density at radius 1 is 0.868 bits per heavy atom. The standard InChI is InChI=1S/C33H35BrN2O2/c1-2-3-21-35-33(38)31(23-25-11-5-4-6-12-25)36(24-26-13-9-17-29(34)22-26)32(37)20-19-28-16-10-15-27-14-7-8-18-30(27)28/h4-18,22,31H,2-3,19-21,23-24H2,1H3,(H,35,38)/t31-/m0/s1. The molecule has 1 N–H and O–H groups in total. The minimum absolute atomic E-state index is 0.0236. The molecule has 0 aliphatic heterocycles. The van der Waals surface area contributed by atoms with E-state index in [-0.39, 0.29) is 11.8 Å². The summed E-state index contributed by atoms with van der Waals surface area (Å²) in [5, 5.41) is 5.43. The van der Waals surface area contributed by atoms with E-state index in [0.29, 0.717) is 32.4 Å². The fourth-order valence-corrected chi connectivity index (χ4v) is 5.23. The highest BCUT2D eigenvalue weighted by Gasteiger charge is 2.30. The predicted molar refractivity (Wildman–Crippen MR) is 159 cm³/mol. The van der Waals surface area contributed by atoms with Crippen LogP contribution in [0.2, 0.25) is 0 Å². The smallest absolute Gasteiger partial charge is 0.243 e. The Labute approximate surface area is 234 Å². The predicted octanol–water partition coefficient (Wildman–Crippen LogP) is 7.09. The third-order valence-electron chi connectivity index (χ3n) is 6.83. The Balaban J connectivity index is 1.63. The fraction of sp³-hybridized carbons (Fsp3) is 0.273. The van der Waals surface area contributed by atoms with Crippen LogP contribution in [0.3, 0.4) is 0 Å². The zero-order chi connectivity index (χ0) is 26.7. The Morgan fingerprint density at radius 3 is 2.37 bits per heavy atom. The highest BCUT2D eigenvalue weighted by molar-refractivity contribution is 9.10. The number of aryl methyl sites for hydroxylation is 1. The van der Waals surface area contributed by atoms with E-state index >= 15 is 0 Å². The number of carbonyl (C=O) groups is 2. The van der Waals surface area contributed by atoms with Crippen molar-refractivity contribution in [3.05, 3.63) is 118 Å². The van der Waals surface area contributed by atoms with Gasteiger partial charge in [0.1, 0.15) is 6.04 Å². The number of nitrogens with one attached hydrogen (secondary N) is 1. The first-order valence-corrected chi connectivity index (χ1v) is 14.2. The number of rotatable bonds is 12. The molecule has 5 heteroatoms. The SMILES string of the molecule is CCCCNC(=O)[C@H](Cc1ccccc1)N(Cc1cccc(Br)c1)C(=O)CCc1cccc2ccccc12. The normalized spacial score (nSPS) is 11.7. The molecule has 0 saturated carbocycles. The molecular weight excluding hydrogens is 536 g/mol. The van der Waals surface area contributed by atoms with E-state index in [4.69, 9.17) is 0 Å². The molecule has 0 aliphatic rings. The Kier molecular flexibility index (Phi) is 10.1. The summed E-state index contributed by atoms with van der Waals surface area (Å²) in [4.78, 5) is 29.3. The number of hydrogen-bond acceptors (Lipinski definition) is 2. The van der Waals surface area contributed by atoms with Crippen LogP contribution in [-0.2, 0) is 29.0 Å². The maximum atomic E-state index is 13.9. The second-order valence-corrected chi connectivity index (χ2v) is 10.6. The lowest BCUT2D eigenvalue weighted by Gasteiger charge is -2.32. The molecule has 196 valence electrons. The number of unbranched alkanes of at least 4 members (excludes halogenated alkanes) is 1. The van der Waals surface area contributed by atoms with E-state index in [1.807, 2.05) is 72.8 Å². The average molecular weight is 572 g/mol. The third kappa shape index (κ3) is 7.55. The summed E-state index contributed by atoms with van der Waals surface area (Å²) in [5.41, 5.74) is 3.16. The minimum Gasteiger partial charge on any atom is -0.354 e. The zero-order valence-corrected chi connectivity index (χ0v) is 23.5. The molecule has 0 bridgehead atoms. The molecule has 0 aliphatic carbocycles. The van der Waals surface area contributed by atoms with E-state index in [9.17, 15) is 9.59 Å². The van der Waals surface area contributed by atoms with Crippen molar-refractivity contribution in [2.75, 3.05) is 6.54 Å². The van der Waals surface area contributed by atoms with Gasteiger partial charge in [-0.1, -0.05) is 114 Å². The second-order valence-electron chi connectivity index (χ2n) is 9.64. The van der Waals surface area contributed by atoms with Gasteiger partial charge in [-0.2, -0.15) is 0 Å². The van der Waals surface area contributed by atoms with Crippen molar-refractivity contribution in [2.45, 2.75) is 51.6 Å². The number of hydrogen-bond donors (Lipinski definition) is 1. The van der Waals surface area contributed by atoms with Gasteiger partial charge in [-0.15, -0.1) is 0 Å². The summed E-state index contributed by atoms with van der Waals surface area (Å²) in [7, 11) is 0. The number of benzene rings is 4. The van der Waals surface area contributed by atoms with Crippen molar-refractivity contribution in [1.82, 2.24) is 10.2 Å². The third-order valence-corrected chi connectivity index (χ3v) is 7.32. The van der Waals surface area contributed by atoms with Crippen molar-refractivity contribution in [3.63, 3.8) is 0 Å². The fourth-order valence-electron chi connectivity index (χ4n) is 4.79. The first-order chi connectivity index (χ1) is 18.5. The molecule has 4 aromatic rings. The first-order valence-electron chi connectivity index (χ1n) is 13.4. The van der Waals surface area contributed by atoms with Crippen molar-refractivity contribution in [3.8, 4) is 0 Å². The maximum absolute atomic E-state index is 13.9. The molecular formula is C33H35BrN2O2. The average Bonchev–Trinajstić information content (AvgIpc) is 2.94. The lowest BCUT2D eigenvalue weighted by molar-refractivity contribution is -0.141. The number of halogens is 1. The Hall–Kier alpha value is -3.44. The van der Waals surface area contributed by atoms with E-state index in [1.54, 1.807) is 4.90 Å². The van der Waals surface area contributed by atoms with Crippen molar-refractivity contribution < 1.29 is 9.59 Å². The molecule has 38 heavy (non-hydrogen) atoms. The monoisotopic (exact) mass is 570 g/mol. The van der Waals surface area contributed by atoms with Crippen LogP contribution in [0.5, 0.6) is 0 Å². The molecule has 0 unspecified atom stereocenters. The number of fused-ring (bicyclic) bond motifs is 1. The van der Waals surface area contributed by atoms with Gasteiger partial charge in [0.2, 0.25) is 11.8 Å². The lowest BCUT2D eigenvalue weighted by atomic mass is 9.99. The van der Waals surface area contributed by atoms with Gasteiger partial charge in [-0.05, 0) is 52.4 Å². The molecule has 4 rings (SSSR count). The molecule has 0 spiro atoms. The van der Waals surface area contributed by atoms with Crippen LogP contribution < -0.4 is 5.32 Å². The van der Waals surface area contributed by atoms with Crippen molar-refractivity contribution in [2.24, 2.45) is 0 Å². The van der Waals surface area contributed by atoms with Gasteiger partial charge in [0.05, 0.1) is 0 Å². The van der Waals surface area contributed by atoms with Gasteiger partial charge >= 0.3 is 0 Å². The summed E-state index contributed by atoms with van der Waals surface area (Å²) in [5.74, 6) is -0.125. The molecule has 2 amide bonds. The first kappa shape index (κ1) is 27.6. The summed E-state index contributed by atoms with van der Waals surface area (Å²) < 4.78 is 0.949. The summed E-state index contributed by atoms with van der Waals surface area (Å²) in [6, 6.07) is 31.8. The molecule has 4 nitrogen and oxygen atoms in total. The van der Waals surface area contributed by atoms with Gasteiger partial charge in [-0.25, -0.2) is 0 Å². The number of nitrogens with zero attached hydrogens (tertiary/aromatic N) is 1. The molecule has 0 heterocycles. The van der Waals surface area contributed by atoms with Gasteiger partial charge in [0.15, 0.2) is 0 Å². The summed E-state index contributed by atoms with van der Waals surface area (Å²) in [6.07, 6.45) is 3.31. The van der Waals surface area contributed by atoms with Crippen LogP contribution in [0.25, 0.3) is 10.8 Å². The van der Waals surface area contributed by atoms with Crippen LogP contribution in [0, 0.1) is 0 Å². The molecule has 4 aromatic carbocycles. The summed E-state index contributed by atoms with van der Waals surface area (Å²) in [6.45, 7) is 3.08. The molecule has 0 radical (unpaired) electrons. The minimum atomic E-state index is -0.603. The van der Waals surface area contributed by atoms with Crippen LogP contribution in [0.15, 0.2) is 102 Å². The van der Waals surface area contributed by atoms with Crippen molar-refractivity contribution >= 4 is 38.5 Å². The van der Waals surface area contributed by atoms with Crippen LogP contribution in [0.4, 0.5) is 0 Å². The zero-order valence-electron chi connectivity index (χ0n) is 21.9. The van der Waals surface area contributed by atoms with E-state index in [0.717, 1.165) is 34.0 Å². The Morgan fingerprint density at radius 2 is 1.58 bits per heavy atom. The van der Waals surface area contributed by atoms with E-state index in [1.165, 1.54) is 10.8 Å². The number of carbonyl (C=O) groups excluding carboxylic acids is 2. The highest BCUT2D eigenvalue weighted by atomic mass is 79.9. The van der Waals surface area contributed by atoms with E-state index < -0.39 is 6.04 Å². The number of amides is 2. The molecule has 0 saturated heterocycles. The van der Waals surface area contributed by atoms with Gasteiger partial charge in [0.25, 0.3) is 0 Å². The van der Waals surface area contributed by atoms with Crippen LogP contribution in [0.1, 0.15) is 42.9 Å². The highest BCUT2D eigenvalue weighted by Crippen LogP contribution is 2.22. The van der Waals surface area contributed by atoms with Crippen LogP contribution in [-0.4, -0.2) is 29.3 Å². The Bertz CT molecular complexity index is 1350. The summed E-state index contributed by atoms with van der Waals surface area (Å²) >= 11 is 3.55. The van der Waals surface area contributed by atoms with Crippen molar-refractivity contribution in [1.29, 1.82) is 0 Å². The largest absolute Gasteiger partial charge is 0.354 e. The molecule has 0 aromatic heterocycles. The van der Waals surface area contributed by atoms with Gasteiger partial charge in [0, 0.05) is 30.4 Å². The quantitative estimate of drug-likeness (QED) is 0.185.